The molecule has 1 nitrogen and oxygen atoms in total. The van der Waals surface area contributed by atoms with Crippen LogP contribution in [0.3, 0.4) is 0 Å². The first-order valence-corrected chi connectivity index (χ1v) is 5.67. The lowest BCUT2D eigenvalue weighted by Gasteiger charge is -2.39. The van der Waals surface area contributed by atoms with E-state index < -0.39 is 0 Å². The van der Waals surface area contributed by atoms with Crippen molar-refractivity contribution in [2.45, 2.75) is 47.1 Å². The molecular formula is C15H25N. The summed E-state index contributed by atoms with van der Waals surface area (Å²) >= 11 is 0. The first kappa shape index (κ1) is 14.8. The van der Waals surface area contributed by atoms with Crippen molar-refractivity contribution in [1.82, 2.24) is 4.90 Å². The third-order valence-corrected chi connectivity index (χ3v) is 2.33. The molecule has 0 spiro atoms. The van der Waals surface area contributed by atoms with Gasteiger partial charge >= 0.3 is 0 Å². The summed E-state index contributed by atoms with van der Waals surface area (Å²) in [4.78, 5) is 2.24. The van der Waals surface area contributed by atoms with Gasteiger partial charge in [0.1, 0.15) is 0 Å². The predicted octanol–water partition coefficient (Wildman–Crippen LogP) is 4.66. The van der Waals surface area contributed by atoms with E-state index in [1.54, 1.807) is 0 Å². The zero-order chi connectivity index (χ0) is 12.9. The summed E-state index contributed by atoms with van der Waals surface area (Å²) in [7, 11) is 0. The SMILES string of the molecule is C=C/C(C)=C(\C=C/C)N(C(=C)C)C(C)(C)C. The Morgan fingerprint density at radius 3 is 1.94 bits per heavy atom. The van der Waals surface area contributed by atoms with E-state index in [2.05, 4.69) is 51.8 Å². The second kappa shape index (κ2) is 5.74. The standard InChI is InChI=1S/C15H25N/c1-9-11-14(13(5)10-2)16(12(3)4)15(6,7)8/h9-11H,2-3H2,1,4-8H3/b11-9-,14-13+. The molecule has 16 heavy (non-hydrogen) atoms. The molecule has 0 aromatic rings. The highest BCUT2D eigenvalue weighted by Gasteiger charge is 2.23. The molecule has 0 rings (SSSR count). The second-order valence-electron chi connectivity index (χ2n) is 5.01. The molecule has 0 heterocycles. The highest BCUT2D eigenvalue weighted by Crippen LogP contribution is 2.27. The highest BCUT2D eigenvalue weighted by atomic mass is 15.2. The Hall–Kier alpha value is -1.24. The van der Waals surface area contributed by atoms with Gasteiger partial charge in [-0.2, -0.15) is 0 Å². The molecule has 0 aromatic carbocycles. The van der Waals surface area contributed by atoms with Gasteiger partial charge < -0.3 is 4.90 Å². The average Bonchev–Trinajstić information content (AvgIpc) is 2.13. The van der Waals surface area contributed by atoms with Crippen molar-refractivity contribution in [2.75, 3.05) is 0 Å². The molecule has 0 atom stereocenters. The summed E-state index contributed by atoms with van der Waals surface area (Å²) < 4.78 is 0. The van der Waals surface area contributed by atoms with Crippen LogP contribution in [0.4, 0.5) is 0 Å². The molecule has 0 aliphatic rings. The van der Waals surface area contributed by atoms with Gasteiger partial charge in [0.05, 0.1) is 0 Å². The topological polar surface area (TPSA) is 3.24 Å². The normalized spacial score (nSPS) is 13.6. The lowest BCUT2D eigenvalue weighted by Crippen LogP contribution is -2.38. The number of nitrogens with zero attached hydrogens (tertiary/aromatic N) is 1. The molecule has 90 valence electrons. The minimum atomic E-state index is 0.0188. The minimum absolute atomic E-state index is 0.0188. The van der Waals surface area contributed by atoms with Gasteiger partial charge in [-0.15, -0.1) is 0 Å². The Bertz CT molecular complexity index is 324. The molecule has 0 amide bonds. The summed E-state index contributed by atoms with van der Waals surface area (Å²) in [5.41, 5.74) is 3.39. The van der Waals surface area contributed by atoms with Gasteiger partial charge in [0.15, 0.2) is 0 Å². The quantitative estimate of drug-likeness (QED) is 0.622. The van der Waals surface area contributed by atoms with Crippen LogP contribution in [0.25, 0.3) is 0 Å². The van der Waals surface area contributed by atoms with Crippen LogP contribution in [0.5, 0.6) is 0 Å². The lowest BCUT2D eigenvalue weighted by atomic mass is 10.0. The zero-order valence-corrected chi connectivity index (χ0v) is 11.6. The number of allylic oxidation sites excluding steroid dienone is 5. The smallest absolute Gasteiger partial charge is 0.0439 e. The third kappa shape index (κ3) is 3.73. The number of hydrogen-bond acceptors (Lipinski definition) is 1. The first-order valence-electron chi connectivity index (χ1n) is 5.67. The Labute approximate surface area is 101 Å². The summed E-state index contributed by atoms with van der Waals surface area (Å²) in [5, 5.41) is 0. The van der Waals surface area contributed by atoms with E-state index in [4.69, 9.17) is 0 Å². The van der Waals surface area contributed by atoms with E-state index in [0.717, 1.165) is 17.0 Å². The van der Waals surface area contributed by atoms with Crippen molar-refractivity contribution in [1.29, 1.82) is 0 Å². The molecule has 0 aliphatic heterocycles. The fraction of sp³-hybridized carbons (Fsp3) is 0.467. The number of rotatable bonds is 4. The average molecular weight is 219 g/mol. The Balaban J connectivity index is 5.65. The van der Waals surface area contributed by atoms with E-state index in [0.29, 0.717) is 0 Å². The van der Waals surface area contributed by atoms with Crippen LogP contribution in [-0.2, 0) is 0 Å². The van der Waals surface area contributed by atoms with Gasteiger partial charge in [0, 0.05) is 16.9 Å². The Morgan fingerprint density at radius 2 is 1.69 bits per heavy atom. The van der Waals surface area contributed by atoms with Crippen LogP contribution in [0.1, 0.15) is 41.5 Å². The van der Waals surface area contributed by atoms with Crippen LogP contribution in [0.15, 0.2) is 48.4 Å². The minimum Gasteiger partial charge on any atom is -0.341 e. The van der Waals surface area contributed by atoms with Crippen molar-refractivity contribution in [3.8, 4) is 0 Å². The predicted molar refractivity (Wildman–Crippen MR) is 74.1 cm³/mol. The highest BCUT2D eigenvalue weighted by molar-refractivity contribution is 5.33. The molecule has 1 heteroatoms. The van der Waals surface area contributed by atoms with Gasteiger partial charge in [0.25, 0.3) is 0 Å². The molecule has 0 aromatic heterocycles. The van der Waals surface area contributed by atoms with Crippen LogP contribution in [0, 0.1) is 0 Å². The van der Waals surface area contributed by atoms with Crippen LogP contribution in [0.2, 0.25) is 0 Å². The molecule has 0 N–H and O–H groups in total. The van der Waals surface area contributed by atoms with E-state index in [-0.39, 0.29) is 5.54 Å². The summed E-state index contributed by atoms with van der Waals surface area (Å²) in [6.07, 6.45) is 6.04. The van der Waals surface area contributed by atoms with Crippen molar-refractivity contribution >= 4 is 0 Å². The maximum absolute atomic E-state index is 4.07. The zero-order valence-electron chi connectivity index (χ0n) is 11.6. The molecular weight excluding hydrogens is 194 g/mol. The summed E-state index contributed by atoms with van der Waals surface area (Å²) in [6, 6.07) is 0. The first-order chi connectivity index (χ1) is 7.25. The summed E-state index contributed by atoms with van der Waals surface area (Å²) in [6.45, 7) is 20.6. The fourth-order valence-electron chi connectivity index (χ4n) is 1.78. The molecule has 0 radical (unpaired) electrons. The van der Waals surface area contributed by atoms with E-state index in [1.807, 2.05) is 26.0 Å². The maximum Gasteiger partial charge on any atom is 0.0439 e. The number of hydrogen-bond donors (Lipinski definition) is 0. The van der Waals surface area contributed by atoms with Gasteiger partial charge in [-0.05, 0) is 53.2 Å². The second-order valence-corrected chi connectivity index (χ2v) is 5.01. The molecule has 0 saturated carbocycles. The Kier molecular flexibility index (Phi) is 5.29. The monoisotopic (exact) mass is 219 g/mol. The lowest BCUT2D eigenvalue weighted by molar-refractivity contribution is 0.243. The van der Waals surface area contributed by atoms with Crippen molar-refractivity contribution < 1.29 is 0 Å². The molecule has 0 fully saturated rings. The van der Waals surface area contributed by atoms with Gasteiger partial charge in [-0.1, -0.05) is 25.3 Å². The maximum atomic E-state index is 4.07. The molecule has 0 unspecified atom stereocenters. The molecule has 0 saturated heterocycles. The van der Waals surface area contributed by atoms with Crippen molar-refractivity contribution in [3.05, 3.63) is 48.4 Å². The molecule has 0 aliphatic carbocycles. The Morgan fingerprint density at radius 1 is 1.19 bits per heavy atom. The van der Waals surface area contributed by atoms with Gasteiger partial charge in [-0.25, -0.2) is 0 Å². The van der Waals surface area contributed by atoms with Crippen LogP contribution < -0.4 is 0 Å². The van der Waals surface area contributed by atoms with Crippen molar-refractivity contribution in [2.24, 2.45) is 0 Å². The fourth-order valence-corrected chi connectivity index (χ4v) is 1.78. The summed E-state index contributed by atoms with van der Waals surface area (Å²) in [5.74, 6) is 0. The largest absolute Gasteiger partial charge is 0.341 e. The van der Waals surface area contributed by atoms with Crippen molar-refractivity contribution in [3.63, 3.8) is 0 Å². The van der Waals surface area contributed by atoms with E-state index >= 15 is 0 Å². The third-order valence-electron chi connectivity index (χ3n) is 2.33. The van der Waals surface area contributed by atoms with Crippen LogP contribution in [-0.4, -0.2) is 10.4 Å². The molecule has 0 bridgehead atoms. The van der Waals surface area contributed by atoms with E-state index in [1.165, 1.54) is 0 Å². The van der Waals surface area contributed by atoms with Gasteiger partial charge in [0.2, 0.25) is 0 Å². The van der Waals surface area contributed by atoms with Crippen LogP contribution >= 0.6 is 0 Å². The van der Waals surface area contributed by atoms with Gasteiger partial charge in [-0.3, -0.25) is 0 Å². The van der Waals surface area contributed by atoms with E-state index in [9.17, 15) is 0 Å².